The van der Waals surface area contributed by atoms with Gasteiger partial charge in [-0.15, -0.1) is 0 Å². The van der Waals surface area contributed by atoms with E-state index in [1.807, 2.05) is 43.8 Å². The lowest BCUT2D eigenvalue weighted by Gasteiger charge is -2.13. The van der Waals surface area contributed by atoms with Crippen LogP contribution in [0.3, 0.4) is 0 Å². The fourth-order valence-corrected chi connectivity index (χ4v) is 2.73. The van der Waals surface area contributed by atoms with Gasteiger partial charge < -0.3 is 9.84 Å². The third-order valence-electron chi connectivity index (χ3n) is 3.87. The Hall–Kier alpha value is -1.81. The summed E-state index contributed by atoms with van der Waals surface area (Å²) in [6, 6.07) is 5.92. The second-order valence-electron chi connectivity index (χ2n) is 5.08. The number of ether oxygens (including phenoxy) is 1. The third-order valence-corrected chi connectivity index (χ3v) is 3.87. The molecule has 4 heteroatoms. The monoisotopic (exact) mass is 258 g/mol. The van der Waals surface area contributed by atoms with Gasteiger partial charge in [-0.3, -0.25) is 4.68 Å². The molecule has 0 amide bonds. The quantitative estimate of drug-likeness (QED) is 0.897. The van der Waals surface area contributed by atoms with Crippen LogP contribution in [0.5, 0.6) is 5.75 Å². The molecule has 100 valence electrons. The van der Waals surface area contributed by atoms with Crippen LogP contribution in [-0.2, 0) is 13.5 Å². The molecule has 1 atom stereocenters. The molecule has 0 saturated heterocycles. The molecule has 4 nitrogen and oxygen atoms in total. The molecule has 0 fully saturated rings. The third kappa shape index (κ3) is 1.92. The van der Waals surface area contributed by atoms with Gasteiger partial charge in [-0.25, -0.2) is 0 Å². The van der Waals surface area contributed by atoms with Crippen molar-refractivity contribution in [2.24, 2.45) is 7.05 Å². The summed E-state index contributed by atoms with van der Waals surface area (Å²) in [4.78, 5) is 0. The zero-order chi connectivity index (χ0) is 13.6. The predicted molar refractivity (Wildman–Crippen MR) is 72.4 cm³/mol. The van der Waals surface area contributed by atoms with Crippen LogP contribution in [0.4, 0.5) is 0 Å². The van der Waals surface area contributed by atoms with Crippen LogP contribution in [0, 0.1) is 13.8 Å². The maximum atomic E-state index is 10.6. The number of hydrogen-bond donors (Lipinski definition) is 1. The molecule has 1 N–H and O–H groups in total. The molecule has 0 spiro atoms. The molecule has 0 saturated carbocycles. The minimum atomic E-state index is -0.625. The first-order valence-electron chi connectivity index (χ1n) is 6.51. The van der Waals surface area contributed by atoms with Crippen molar-refractivity contribution in [2.75, 3.05) is 6.61 Å². The Morgan fingerprint density at radius 1 is 1.37 bits per heavy atom. The Balaban J connectivity index is 2.02. The number of fused-ring (bicyclic) bond motifs is 1. The first kappa shape index (κ1) is 12.2. The van der Waals surface area contributed by atoms with Gasteiger partial charge in [-0.1, -0.05) is 6.07 Å². The van der Waals surface area contributed by atoms with E-state index >= 15 is 0 Å². The van der Waals surface area contributed by atoms with E-state index in [-0.39, 0.29) is 0 Å². The first-order valence-corrected chi connectivity index (χ1v) is 6.51. The van der Waals surface area contributed by atoms with Crippen LogP contribution in [0.15, 0.2) is 18.2 Å². The van der Waals surface area contributed by atoms with Crippen LogP contribution in [0.1, 0.15) is 34.2 Å². The summed E-state index contributed by atoms with van der Waals surface area (Å²) in [5.41, 5.74) is 4.87. The normalized spacial score (nSPS) is 15.2. The number of hydrogen-bond acceptors (Lipinski definition) is 3. The lowest BCUT2D eigenvalue weighted by molar-refractivity contribution is 0.218. The Morgan fingerprint density at radius 3 is 2.84 bits per heavy atom. The van der Waals surface area contributed by atoms with Gasteiger partial charge in [0, 0.05) is 24.7 Å². The van der Waals surface area contributed by atoms with Crippen LogP contribution >= 0.6 is 0 Å². The van der Waals surface area contributed by atoms with E-state index in [1.54, 1.807) is 0 Å². The van der Waals surface area contributed by atoms with E-state index in [4.69, 9.17) is 4.74 Å². The maximum Gasteiger partial charge on any atom is 0.122 e. The highest BCUT2D eigenvalue weighted by atomic mass is 16.5. The van der Waals surface area contributed by atoms with Crippen molar-refractivity contribution in [3.05, 3.63) is 46.3 Å². The molecule has 3 rings (SSSR count). The number of benzene rings is 1. The Bertz CT molecular complexity index is 631. The molecular formula is C15H18N2O2. The van der Waals surface area contributed by atoms with E-state index in [9.17, 15) is 5.11 Å². The van der Waals surface area contributed by atoms with Gasteiger partial charge in [0.1, 0.15) is 11.9 Å². The second-order valence-corrected chi connectivity index (χ2v) is 5.08. The molecule has 0 bridgehead atoms. The molecule has 1 unspecified atom stereocenters. The van der Waals surface area contributed by atoms with Crippen LogP contribution in [-0.4, -0.2) is 21.5 Å². The second kappa shape index (κ2) is 4.38. The standard InChI is InChI=1S/C15H18N2O2/c1-9-14(10(2)17(3)16-9)15(18)12-4-5-13-11(8-12)6-7-19-13/h4-5,8,15,18H,6-7H2,1-3H3. The lowest BCUT2D eigenvalue weighted by atomic mass is 9.97. The molecular weight excluding hydrogens is 240 g/mol. The minimum Gasteiger partial charge on any atom is -0.493 e. The van der Waals surface area contributed by atoms with Crippen molar-refractivity contribution < 1.29 is 9.84 Å². The number of aliphatic hydroxyl groups is 1. The largest absolute Gasteiger partial charge is 0.493 e. The van der Waals surface area contributed by atoms with E-state index in [0.29, 0.717) is 0 Å². The summed E-state index contributed by atoms with van der Waals surface area (Å²) >= 11 is 0. The summed E-state index contributed by atoms with van der Waals surface area (Å²) in [6.45, 7) is 4.65. The fraction of sp³-hybridized carbons (Fsp3) is 0.400. The smallest absolute Gasteiger partial charge is 0.122 e. The fourth-order valence-electron chi connectivity index (χ4n) is 2.73. The van der Waals surface area contributed by atoms with Gasteiger partial charge in [0.15, 0.2) is 0 Å². The number of rotatable bonds is 2. The molecule has 0 aliphatic carbocycles. The van der Waals surface area contributed by atoms with Gasteiger partial charge in [0.2, 0.25) is 0 Å². The zero-order valence-corrected chi connectivity index (χ0v) is 11.5. The molecule has 1 aromatic carbocycles. The average molecular weight is 258 g/mol. The van der Waals surface area contributed by atoms with Crippen molar-refractivity contribution in [1.29, 1.82) is 0 Å². The molecule has 0 radical (unpaired) electrons. The predicted octanol–water partition coefficient (Wildman–Crippen LogP) is 2.05. The van der Waals surface area contributed by atoms with Crippen molar-refractivity contribution in [3.8, 4) is 5.75 Å². The minimum absolute atomic E-state index is 0.625. The van der Waals surface area contributed by atoms with Gasteiger partial charge in [-0.05, 0) is 37.1 Å². The van der Waals surface area contributed by atoms with Crippen molar-refractivity contribution in [1.82, 2.24) is 9.78 Å². The molecule has 19 heavy (non-hydrogen) atoms. The van der Waals surface area contributed by atoms with Crippen LogP contribution < -0.4 is 4.74 Å². The van der Waals surface area contributed by atoms with Crippen molar-refractivity contribution in [2.45, 2.75) is 26.4 Å². The van der Waals surface area contributed by atoms with E-state index in [0.717, 1.165) is 41.3 Å². The Labute approximate surface area is 112 Å². The topological polar surface area (TPSA) is 47.3 Å². The van der Waals surface area contributed by atoms with E-state index < -0.39 is 6.10 Å². The Kier molecular flexibility index (Phi) is 2.82. The summed E-state index contributed by atoms with van der Waals surface area (Å²) in [6.07, 6.45) is 0.292. The van der Waals surface area contributed by atoms with Crippen molar-refractivity contribution >= 4 is 0 Å². The van der Waals surface area contributed by atoms with Gasteiger partial charge in [0.25, 0.3) is 0 Å². The summed E-state index contributed by atoms with van der Waals surface area (Å²) in [5, 5.41) is 15.0. The molecule has 2 aromatic rings. The van der Waals surface area contributed by atoms with E-state index in [1.165, 1.54) is 5.56 Å². The Morgan fingerprint density at radius 2 is 2.16 bits per heavy atom. The summed E-state index contributed by atoms with van der Waals surface area (Å²) in [7, 11) is 1.90. The molecule has 2 heterocycles. The van der Waals surface area contributed by atoms with Gasteiger partial charge >= 0.3 is 0 Å². The van der Waals surface area contributed by atoms with Crippen molar-refractivity contribution in [3.63, 3.8) is 0 Å². The van der Waals surface area contributed by atoms with Gasteiger partial charge in [-0.2, -0.15) is 5.10 Å². The number of aromatic nitrogens is 2. The zero-order valence-electron chi connectivity index (χ0n) is 11.5. The number of aryl methyl sites for hydroxylation is 2. The molecule has 1 aromatic heterocycles. The number of aliphatic hydroxyl groups excluding tert-OH is 1. The van der Waals surface area contributed by atoms with Crippen LogP contribution in [0.25, 0.3) is 0 Å². The maximum absolute atomic E-state index is 10.6. The SMILES string of the molecule is Cc1nn(C)c(C)c1C(O)c1ccc2c(c1)CCO2. The average Bonchev–Trinajstić information content (AvgIpc) is 2.94. The lowest BCUT2D eigenvalue weighted by Crippen LogP contribution is -2.03. The summed E-state index contributed by atoms with van der Waals surface area (Å²) in [5.74, 6) is 0.940. The van der Waals surface area contributed by atoms with Crippen LogP contribution in [0.2, 0.25) is 0 Å². The molecule has 1 aliphatic heterocycles. The highest BCUT2D eigenvalue weighted by Gasteiger charge is 2.21. The summed E-state index contributed by atoms with van der Waals surface area (Å²) < 4.78 is 7.30. The van der Waals surface area contributed by atoms with E-state index in [2.05, 4.69) is 5.10 Å². The highest BCUT2D eigenvalue weighted by Crippen LogP contribution is 2.32. The number of nitrogens with zero attached hydrogens (tertiary/aromatic N) is 2. The van der Waals surface area contributed by atoms with Gasteiger partial charge in [0.05, 0.1) is 12.3 Å². The highest BCUT2D eigenvalue weighted by molar-refractivity contribution is 5.43. The first-order chi connectivity index (χ1) is 9.08. The molecule has 1 aliphatic rings.